The van der Waals surface area contributed by atoms with Crippen LogP contribution in [0.3, 0.4) is 0 Å². The first-order valence-corrected chi connectivity index (χ1v) is 10.2. The van der Waals surface area contributed by atoms with Crippen molar-refractivity contribution in [3.8, 4) is 5.75 Å². The fourth-order valence-electron chi connectivity index (χ4n) is 2.26. The minimum absolute atomic E-state index is 0.244. The third-order valence-corrected chi connectivity index (χ3v) is 8.93. The van der Waals surface area contributed by atoms with Crippen molar-refractivity contribution in [1.29, 1.82) is 0 Å². The van der Waals surface area contributed by atoms with E-state index < -0.39 is 8.32 Å². The largest absolute Gasteiger partial charge is 0.543 e. The summed E-state index contributed by atoms with van der Waals surface area (Å²) < 4.78 is 6.52. The molecule has 1 aromatic carbocycles. The standard InChI is InChI=1S/C16H27NOSi/c1-16(2,3)19(4,5)18-15-9-7-6-8-14(15)13-10-11-17-12-13/h6-9,13,17H,10-12H2,1-5H3. The van der Waals surface area contributed by atoms with Crippen LogP contribution in [0.15, 0.2) is 24.3 Å². The van der Waals surface area contributed by atoms with Crippen LogP contribution in [0.1, 0.15) is 38.7 Å². The highest BCUT2D eigenvalue weighted by Crippen LogP contribution is 2.40. The van der Waals surface area contributed by atoms with Gasteiger partial charge in [0.1, 0.15) is 5.75 Å². The van der Waals surface area contributed by atoms with Crippen molar-refractivity contribution < 1.29 is 4.43 Å². The third kappa shape index (κ3) is 3.21. The van der Waals surface area contributed by atoms with E-state index in [9.17, 15) is 0 Å². The van der Waals surface area contributed by atoms with Crippen molar-refractivity contribution in [2.45, 2.75) is 51.2 Å². The Hall–Kier alpha value is -0.803. The summed E-state index contributed by atoms with van der Waals surface area (Å²) in [5.41, 5.74) is 1.39. The second-order valence-electron chi connectivity index (χ2n) is 7.09. The van der Waals surface area contributed by atoms with Crippen LogP contribution in [0.4, 0.5) is 0 Å². The van der Waals surface area contributed by atoms with Gasteiger partial charge in [-0.1, -0.05) is 39.0 Å². The van der Waals surface area contributed by atoms with E-state index in [-0.39, 0.29) is 5.04 Å². The third-order valence-electron chi connectivity index (χ3n) is 4.59. The molecule has 1 aliphatic rings. The summed E-state index contributed by atoms with van der Waals surface area (Å²) in [6, 6.07) is 8.61. The molecule has 0 aliphatic carbocycles. The van der Waals surface area contributed by atoms with E-state index in [4.69, 9.17) is 4.43 Å². The first-order valence-electron chi connectivity index (χ1n) is 7.30. The molecule has 1 unspecified atom stereocenters. The fourth-order valence-corrected chi connectivity index (χ4v) is 3.30. The van der Waals surface area contributed by atoms with Crippen LogP contribution < -0.4 is 9.74 Å². The zero-order chi connectivity index (χ0) is 14.1. The highest BCUT2D eigenvalue weighted by molar-refractivity contribution is 6.74. The molecular weight excluding hydrogens is 250 g/mol. The topological polar surface area (TPSA) is 21.3 Å². The lowest BCUT2D eigenvalue weighted by Crippen LogP contribution is -2.44. The molecule has 0 spiro atoms. The Kier molecular flexibility index (Phi) is 4.07. The maximum atomic E-state index is 6.52. The predicted octanol–water partition coefficient (Wildman–Crippen LogP) is 4.15. The van der Waals surface area contributed by atoms with Crippen molar-refractivity contribution in [3.63, 3.8) is 0 Å². The average Bonchev–Trinajstić information content (AvgIpc) is 2.81. The van der Waals surface area contributed by atoms with Gasteiger partial charge in [-0.2, -0.15) is 0 Å². The second kappa shape index (κ2) is 5.29. The van der Waals surface area contributed by atoms with Gasteiger partial charge < -0.3 is 9.74 Å². The van der Waals surface area contributed by atoms with E-state index in [1.54, 1.807) is 0 Å². The van der Waals surface area contributed by atoms with Gasteiger partial charge in [-0.15, -0.1) is 0 Å². The molecular formula is C16H27NOSi. The van der Waals surface area contributed by atoms with E-state index in [0.29, 0.717) is 5.92 Å². The van der Waals surface area contributed by atoms with Gasteiger partial charge in [0.15, 0.2) is 0 Å². The van der Waals surface area contributed by atoms with Gasteiger partial charge in [0, 0.05) is 12.5 Å². The number of benzene rings is 1. The Morgan fingerprint density at radius 1 is 1.21 bits per heavy atom. The van der Waals surface area contributed by atoms with Gasteiger partial charge in [-0.25, -0.2) is 0 Å². The Balaban J connectivity index is 2.25. The molecule has 1 atom stereocenters. The van der Waals surface area contributed by atoms with Crippen LogP contribution in [0.25, 0.3) is 0 Å². The van der Waals surface area contributed by atoms with Gasteiger partial charge in [-0.05, 0) is 42.7 Å². The van der Waals surface area contributed by atoms with Crippen molar-refractivity contribution in [2.24, 2.45) is 0 Å². The van der Waals surface area contributed by atoms with E-state index >= 15 is 0 Å². The van der Waals surface area contributed by atoms with Crippen LogP contribution in [-0.2, 0) is 0 Å². The number of hydrogen-bond acceptors (Lipinski definition) is 2. The molecule has 0 radical (unpaired) electrons. The molecule has 1 aliphatic heterocycles. The normalized spacial score (nSPS) is 20.6. The SMILES string of the molecule is CC(C)(C)[Si](C)(C)Oc1ccccc1C1CCNC1. The second-order valence-corrected chi connectivity index (χ2v) is 11.8. The van der Waals surface area contributed by atoms with Crippen molar-refractivity contribution >= 4 is 8.32 Å². The fraction of sp³-hybridized carbons (Fsp3) is 0.625. The monoisotopic (exact) mass is 277 g/mol. The molecule has 106 valence electrons. The Bertz CT molecular complexity index is 431. The molecule has 2 nitrogen and oxygen atoms in total. The molecule has 0 aromatic heterocycles. The van der Waals surface area contributed by atoms with Crippen LogP contribution >= 0.6 is 0 Å². The first kappa shape index (κ1) is 14.6. The summed E-state index contributed by atoms with van der Waals surface area (Å²) in [4.78, 5) is 0. The number of rotatable bonds is 3. The van der Waals surface area contributed by atoms with Gasteiger partial charge in [-0.3, -0.25) is 0 Å². The summed E-state index contributed by atoms with van der Waals surface area (Å²) in [5, 5.41) is 3.69. The molecule has 19 heavy (non-hydrogen) atoms. The summed E-state index contributed by atoms with van der Waals surface area (Å²) in [5.74, 6) is 1.73. The van der Waals surface area contributed by atoms with Crippen molar-refractivity contribution in [2.75, 3.05) is 13.1 Å². The minimum Gasteiger partial charge on any atom is -0.543 e. The highest BCUT2D eigenvalue weighted by Gasteiger charge is 2.39. The molecule has 0 bridgehead atoms. The van der Waals surface area contributed by atoms with Crippen LogP contribution in [0, 0.1) is 0 Å². The lowest BCUT2D eigenvalue weighted by atomic mass is 9.98. The maximum Gasteiger partial charge on any atom is 0.250 e. The summed E-state index contributed by atoms with van der Waals surface area (Å²) in [6.45, 7) is 13.7. The zero-order valence-corrected chi connectivity index (χ0v) is 13.9. The van der Waals surface area contributed by atoms with Gasteiger partial charge in [0.25, 0.3) is 0 Å². The van der Waals surface area contributed by atoms with Crippen LogP contribution in [-0.4, -0.2) is 21.4 Å². The minimum atomic E-state index is -1.75. The summed E-state index contributed by atoms with van der Waals surface area (Å²) in [6.07, 6.45) is 1.22. The predicted molar refractivity (Wildman–Crippen MR) is 84.5 cm³/mol. The number of hydrogen-bond donors (Lipinski definition) is 1. The van der Waals surface area contributed by atoms with E-state index in [2.05, 4.69) is 63.4 Å². The number of para-hydroxylation sites is 1. The van der Waals surface area contributed by atoms with E-state index in [0.717, 1.165) is 18.8 Å². The zero-order valence-electron chi connectivity index (χ0n) is 12.9. The van der Waals surface area contributed by atoms with Crippen molar-refractivity contribution in [3.05, 3.63) is 29.8 Å². The first-order chi connectivity index (χ1) is 8.81. The molecule has 1 aromatic rings. The summed E-state index contributed by atoms with van der Waals surface area (Å²) in [7, 11) is -1.75. The van der Waals surface area contributed by atoms with Crippen molar-refractivity contribution in [1.82, 2.24) is 5.32 Å². The van der Waals surface area contributed by atoms with Crippen LogP contribution in [0.5, 0.6) is 5.75 Å². The Labute approximate surface area is 118 Å². The maximum absolute atomic E-state index is 6.52. The van der Waals surface area contributed by atoms with Gasteiger partial charge in [0.05, 0.1) is 0 Å². The van der Waals surface area contributed by atoms with Crippen LogP contribution in [0.2, 0.25) is 18.1 Å². The molecule has 0 amide bonds. The molecule has 1 N–H and O–H groups in total. The number of nitrogens with one attached hydrogen (secondary N) is 1. The van der Waals surface area contributed by atoms with Gasteiger partial charge >= 0.3 is 0 Å². The smallest absolute Gasteiger partial charge is 0.250 e. The molecule has 1 saturated heterocycles. The quantitative estimate of drug-likeness (QED) is 0.838. The molecule has 0 saturated carbocycles. The lowest BCUT2D eigenvalue weighted by molar-refractivity contribution is 0.483. The molecule has 1 fully saturated rings. The van der Waals surface area contributed by atoms with E-state index in [1.165, 1.54) is 12.0 Å². The molecule has 1 heterocycles. The van der Waals surface area contributed by atoms with Gasteiger partial charge in [0.2, 0.25) is 8.32 Å². The molecule has 3 heteroatoms. The Morgan fingerprint density at radius 3 is 2.47 bits per heavy atom. The lowest BCUT2D eigenvalue weighted by Gasteiger charge is -2.37. The Morgan fingerprint density at radius 2 is 1.89 bits per heavy atom. The molecule has 2 rings (SSSR count). The summed E-state index contributed by atoms with van der Waals surface area (Å²) >= 11 is 0. The highest BCUT2D eigenvalue weighted by atomic mass is 28.4. The van der Waals surface area contributed by atoms with E-state index in [1.807, 2.05) is 0 Å². The average molecular weight is 277 g/mol.